The van der Waals surface area contributed by atoms with Crippen molar-refractivity contribution in [3.63, 3.8) is 0 Å². The van der Waals surface area contributed by atoms with Gasteiger partial charge in [-0.05, 0) is 65.5 Å². The van der Waals surface area contributed by atoms with Crippen LogP contribution in [0.4, 0.5) is 0 Å². The van der Waals surface area contributed by atoms with Crippen LogP contribution in [0.1, 0.15) is 61.8 Å². The molecule has 0 aliphatic heterocycles. The summed E-state index contributed by atoms with van der Waals surface area (Å²) in [5.74, 6) is 2.93. The van der Waals surface area contributed by atoms with E-state index in [0.717, 1.165) is 6.42 Å². The third-order valence-corrected chi connectivity index (χ3v) is 5.27. The van der Waals surface area contributed by atoms with Crippen molar-refractivity contribution in [3.8, 4) is 0 Å². The molecule has 0 rings (SSSR count). The second-order valence-electron chi connectivity index (χ2n) is 6.70. The highest BCUT2D eigenvalue weighted by molar-refractivity contribution is 7.69. The lowest BCUT2D eigenvalue weighted by Crippen LogP contribution is -1.84. The first-order valence-electron chi connectivity index (χ1n) is 8.52. The third kappa shape index (κ3) is 10.3. The molecule has 0 saturated heterocycles. The van der Waals surface area contributed by atoms with Crippen LogP contribution in [0.2, 0.25) is 0 Å². The summed E-state index contributed by atoms with van der Waals surface area (Å²) in [6, 6.07) is 0. The first kappa shape index (κ1) is 21.9. The van der Waals surface area contributed by atoms with E-state index in [2.05, 4.69) is 98.2 Å². The summed E-state index contributed by atoms with van der Waals surface area (Å²) in [5, 5.41) is 2.62. The lowest BCUT2D eigenvalue weighted by molar-refractivity contribution is 0.825. The minimum Gasteiger partial charge on any atom is -0.0907 e. The van der Waals surface area contributed by atoms with Gasteiger partial charge < -0.3 is 0 Å². The highest BCUT2D eigenvalue weighted by atomic mass is 31.1. The van der Waals surface area contributed by atoms with Gasteiger partial charge >= 0.3 is 0 Å². The summed E-state index contributed by atoms with van der Waals surface area (Å²) in [5.41, 5.74) is 3.94. The Morgan fingerprint density at radius 2 is 1.57 bits per heavy atom. The Kier molecular flexibility index (Phi) is 10.9. The van der Waals surface area contributed by atoms with Crippen LogP contribution in [0.15, 0.2) is 70.1 Å². The molecule has 1 atom stereocenters. The second-order valence-corrected chi connectivity index (χ2v) is 9.02. The second kappa shape index (κ2) is 11.4. The van der Waals surface area contributed by atoms with Gasteiger partial charge in [-0.3, -0.25) is 0 Å². The Bertz CT molecular complexity index is 532. The van der Waals surface area contributed by atoms with Crippen LogP contribution >= 0.6 is 7.92 Å². The molecule has 0 bridgehead atoms. The van der Waals surface area contributed by atoms with Crippen LogP contribution in [0.5, 0.6) is 0 Å². The van der Waals surface area contributed by atoms with Crippen LogP contribution in [0.3, 0.4) is 0 Å². The summed E-state index contributed by atoms with van der Waals surface area (Å²) >= 11 is 0. The van der Waals surface area contributed by atoms with Crippen LogP contribution in [0, 0.1) is 5.92 Å². The predicted molar refractivity (Wildman–Crippen MR) is 111 cm³/mol. The first-order valence-corrected chi connectivity index (χ1v) is 9.93. The van der Waals surface area contributed by atoms with E-state index < -0.39 is 7.92 Å². The summed E-state index contributed by atoms with van der Waals surface area (Å²) in [6.07, 6.45) is 12.4. The summed E-state index contributed by atoms with van der Waals surface area (Å²) in [7, 11) is -0.464. The van der Waals surface area contributed by atoms with E-state index in [4.69, 9.17) is 0 Å². The van der Waals surface area contributed by atoms with Gasteiger partial charge in [-0.25, -0.2) is 0 Å². The fraction of sp³-hybridized carbons (Fsp3) is 0.455. The van der Waals surface area contributed by atoms with Crippen LogP contribution in [-0.4, -0.2) is 0 Å². The van der Waals surface area contributed by atoms with E-state index in [1.54, 1.807) is 0 Å². The Morgan fingerprint density at radius 3 is 2.04 bits per heavy atom. The Labute approximate surface area is 146 Å². The Hall–Kier alpha value is -1.13. The summed E-state index contributed by atoms with van der Waals surface area (Å²) < 4.78 is 0. The minimum atomic E-state index is -0.464. The van der Waals surface area contributed by atoms with Gasteiger partial charge in [0.1, 0.15) is 0 Å². The normalized spacial score (nSPS) is 15.3. The molecule has 0 spiro atoms. The molecule has 128 valence electrons. The molecular formula is C22H35P. The molecule has 0 amide bonds. The predicted octanol–water partition coefficient (Wildman–Crippen LogP) is 8.32. The molecule has 0 N–H and O–H groups in total. The first-order chi connectivity index (χ1) is 10.7. The smallest absolute Gasteiger partial charge is 0.0229 e. The van der Waals surface area contributed by atoms with Crippen molar-refractivity contribution in [3.05, 3.63) is 70.1 Å². The van der Waals surface area contributed by atoms with Crippen molar-refractivity contribution in [1.29, 1.82) is 0 Å². The van der Waals surface area contributed by atoms with E-state index in [1.165, 1.54) is 27.3 Å². The maximum atomic E-state index is 4.36. The third-order valence-electron chi connectivity index (χ3n) is 3.12. The summed E-state index contributed by atoms with van der Waals surface area (Å²) in [6.45, 7) is 21.8. The molecular weight excluding hydrogens is 295 g/mol. The van der Waals surface area contributed by atoms with Gasteiger partial charge in [-0.2, -0.15) is 0 Å². The molecule has 0 aliphatic carbocycles. The van der Waals surface area contributed by atoms with E-state index >= 15 is 0 Å². The molecule has 1 unspecified atom stereocenters. The zero-order valence-electron chi connectivity index (χ0n) is 16.4. The largest absolute Gasteiger partial charge is 0.0907 e. The van der Waals surface area contributed by atoms with Gasteiger partial charge in [-0.1, -0.05) is 80.3 Å². The Morgan fingerprint density at radius 1 is 0.957 bits per heavy atom. The van der Waals surface area contributed by atoms with Crippen LogP contribution in [-0.2, 0) is 0 Å². The van der Waals surface area contributed by atoms with Crippen molar-refractivity contribution in [2.45, 2.75) is 61.8 Å². The van der Waals surface area contributed by atoms with E-state index in [9.17, 15) is 0 Å². The fourth-order valence-corrected chi connectivity index (χ4v) is 4.44. The molecule has 23 heavy (non-hydrogen) atoms. The van der Waals surface area contributed by atoms with Gasteiger partial charge in [0.2, 0.25) is 0 Å². The van der Waals surface area contributed by atoms with E-state index in [1.807, 2.05) is 0 Å². The fourth-order valence-electron chi connectivity index (χ4n) is 2.45. The molecule has 0 aromatic heterocycles. The molecule has 0 saturated carbocycles. The molecule has 0 aromatic carbocycles. The average Bonchev–Trinajstić information content (AvgIpc) is 2.36. The lowest BCUT2D eigenvalue weighted by Gasteiger charge is -2.16. The SMILES string of the molecule is C=C(/C=C(/C)C=C(C)C)P(/C=C/CC)/C(C)=C/C(C)=C\C(C)C. The molecule has 1 heteroatoms. The minimum absolute atomic E-state index is 0.464. The molecule has 0 aromatic rings. The van der Waals surface area contributed by atoms with Gasteiger partial charge in [0.05, 0.1) is 0 Å². The number of rotatable bonds is 8. The number of allylic oxidation sites excluding steroid dienone is 10. The van der Waals surface area contributed by atoms with Crippen molar-refractivity contribution < 1.29 is 0 Å². The van der Waals surface area contributed by atoms with E-state index in [0.29, 0.717) is 5.92 Å². The van der Waals surface area contributed by atoms with E-state index in [-0.39, 0.29) is 0 Å². The molecule has 0 aliphatic rings. The summed E-state index contributed by atoms with van der Waals surface area (Å²) in [4.78, 5) is 0. The lowest BCUT2D eigenvalue weighted by atomic mass is 10.1. The standard InChI is InChI=1S/C22H35P/c1-10-11-12-23(21(8)15-19(6)13-17(2)3)22(9)16-20(7)14-18(4)5/h11-16,18H,8,10H2,1-7,9H3/b12-11+,19-15-,20-14-,22-16+. The van der Waals surface area contributed by atoms with Gasteiger partial charge in [-0.15, -0.1) is 0 Å². The van der Waals surface area contributed by atoms with Gasteiger partial charge in [0.25, 0.3) is 0 Å². The maximum Gasteiger partial charge on any atom is -0.0229 e. The number of hydrogen-bond acceptors (Lipinski definition) is 0. The van der Waals surface area contributed by atoms with Crippen molar-refractivity contribution >= 4 is 7.92 Å². The van der Waals surface area contributed by atoms with Gasteiger partial charge in [0, 0.05) is 0 Å². The molecule has 0 nitrogen and oxygen atoms in total. The van der Waals surface area contributed by atoms with Crippen molar-refractivity contribution in [2.24, 2.45) is 5.92 Å². The molecule has 0 heterocycles. The highest BCUT2D eigenvalue weighted by Crippen LogP contribution is 2.54. The van der Waals surface area contributed by atoms with Gasteiger partial charge in [0.15, 0.2) is 0 Å². The highest BCUT2D eigenvalue weighted by Gasteiger charge is 2.09. The van der Waals surface area contributed by atoms with Crippen molar-refractivity contribution in [2.75, 3.05) is 0 Å². The van der Waals surface area contributed by atoms with Crippen LogP contribution < -0.4 is 0 Å². The molecule has 0 fully saturated rings. The van der Waals surface area contributed by atoms with Crippen LogP contribution in [0.25, 0.3) is 0 Å². The zero-order chi connectivity index (χ0) is 18.0. The monoisotopic (exact) mass is 330 g/mol. The number of hydrogen-bond donors (Lipinski definition) is 0. The molecule has 0 radical (unpaired) electrons. The Balaban J connectivity index is 5.53. The maximum absolute atomic E-state index is 4.36. The van der Waals surface area contributed by atoms with Crippen molar-refractivity contribution in [1.82, 2.24) is 0 Å². The topological polar surface area (TPSA) is 0 Å². The average molecular weight is 330 g/mol. The zero-order valence-corrected chi connectivity index (χ0v) is 17.3. The quantitative estimate of drug-likeness (QED) is 0.310.